The molecule has 1 amide bonds. The first-order chi connectivity index (χ1) is 16.2. The summed E-state index contributed by atoms with van der Waals surface area (Å²) in [5.41, 5.74) is 1.51. The van der Waals surface area contributed by atoms with Gasteiger partial charge >= 0.3 is 6.18 Å². The average Bonchev–Trinajstić information content (AvgIpc) is 2.82. The number of carbonyl (C=O) groups excluding carboxylic acids is 1. The summed E-state index contributed by atoms with van der Waals surface area (Å²) < 4.78 is 41.5. The Morgan fingerprint density at radius 2 is 1.82 bits per heavy atom. The van der Waals surface area contributed by atoms with Crippen LogP contribution in [-0.4, -0.2) is 90.3 Å². The molecule has 3 heterocycles. The monoisotopic (exact) mass is 475 g/mol. The number of anilines is 1. The molecule has 8 nitrogen and oxygen atoms in total. The van der Waals surface area contributed by atoms with E-state index in [9.17, 15) is 23.2 Å². The molecule has 11 heteroatoms. The number of fused-ring (bicyclic) bond motifs is 1. The lowest BCUT2D eigenvalue weighted by atomic mass is 9.92. The maximum Gasteiger partial charge on any atom is 0.393 e. The van der Waals surface area contributed by atoms with Gasteiger partial charge in [0.15, 0.2) is 0 Å². The van der Waals surface area contributed by atoms with E-state index in [4.69, 9.17) is 0 Å². The molecule has 0 saturated carbocycles. The second-order valence-electron chi connectivity index (χ2n) is 9.10. The van der Waals surface area contributed by atoms with Gasteiger partial charge in [-0.15, -0.1) is 0 Å². The zero-order valence-corrected chi connectivity index (χ0v) is 19.2. The molecule has 2 saturated heterocycles. The zero-order valence-electron chi connectivity index (χ0n) is 19.2. The SMILES string of the molecule is C[C@H](C(=O)N[C@@H]1CC(C(F)(F)F)CN(c2ccc(C#N)c3nccnc23)C1)N1CCN(C)CC1. The first-order valence-electron chi connectivity index (χ1n) is 11.4. The van der Waals surface area contributed by atoms with Crippen LogP contribution in [0.2, 0.25) is 0 Å². The molecule has 1 aromatic heterocycles. The van der Waals surface area contributed by atoms with Crippen molar-refractivity contribution in [1.29, 1.82) is 5.26 Å². The number of nitriles is 1. The van der Waals surface area contributed by atoms with Crippen molar-refractivity contribution in [2.24, 2.45) is 5.92 Å². The molecule has 0 aliphatic carbocycles. The van der Waals surface area contributed by atoms with E-state index in [0.717, 1.165) is 26.2 Å². The third-order valence-corrected chi connectivity index (χ3v) is 6.79. The molecule has 1 N–H and O–H groups in total. The summed E-state index contributed by atoms with van der Waals surface area (Å²) in [4.78, 5) is 27.3. The summed E-state index contributed by atoms with van der Waals surface area (Å²) in [6.45, 7) is 4.93. The molecular weight excluding hydrogens is 447 g/mol. The van der Waals surface area contributed by atoms with Crippen molar-refractivity contribution >= 4 is 22.6 Å². The van der Waals surface area contributed by atoms with Crippen molar-refractivity contribution in [2.45, 2.75) is 31.6 Å². The number of amides is 1. The lowest BCUT2D eigenvalue weighted by Gasteiger charge is -2.41. The third kappa shape index (κ3) is 5.08. The minimum atomic E-state index is -4.40. The fourth-order valence-electron chi connectivity index (χ4n) is 4.72. The first-order valence-corrected chi connectivity index (χ1v) is 11.4. The Morgan fingerprint density at radius 3 is 2.47 bits per heavy atom. The normalized spacial score (nSPS) is 23.5. The molecule has 2 fully saturated rings. The van der Waals surface area contributed by atoms with Crippen molar-refractivity contribution < 1.29 is 18.0 Å². The summed E-state index contributed by atoms with van der Waals surface area (Å²) in [5, 5.41) is 12.2. The van der Waals surface area contributed by atoms with Crippen LogP contribution in [0.4, 0.5) is 18.9 Å². The summed E-state index contributed by atoms with van der Waals surface area (Å²) >= 11 is 0. The van der Waals surface area contributed by atoms with E-state index in [1.54, 1.807) is 24.0 Å². The van der Waals surface area contributed by atoms with Crippen LogP contribution in [-0.2, 0) is 4.79 Å². The van der Waals surface area contributed by atoms with Gasteiger partial charge in [0.05, 0.1) is 23.2 Å². The molecule has 0 radical (unpaired) electrons. The van der Waals surface area contributed by atoms with Crippen LogP contribution in [0.25, 0.3) is 11.0 Å². The number of piperazine rings is 1. The molecule has 2 aliphatic heterocycles. The van der Waals surface area contributed by atoms with Crippen LogP contribution in [0.3, 0.4) is 0 Å². The standard InChI is InChI=1S/C23H28F3N7O/c1-15(32-9-7-31(2)8-10-32)22(34)30-18-11-17(23(24,25)26)13-33(14-18)19-4-3-16(12-27)20-21(19)29-6-5-28-20/h3-6,15,17-18H,7-11,13-14H2,1-2H3,(H,30,34)/t15-,17?,18-/m1/s1. The van der Waals surface area contributed by atoms with Gasteiger partial charge in [-0.1, -0.05) is 0 Å². The van der Waals surface area contributed by atoms with Gasteiger partial charge in [0.1, 0.15) is 17.1 Å². The number of piperidine rings is 1. The second-order valence-corrected chi connectivity index (χ2v) is 9.10. The Morgan fingerprint density at radius 1 is 1.15 bits per heavy atom. The van der Waals surface area contributed by atoms with Gasteiger partial charge in [-0.25, -0.2) is 0 Å². The highest BCUT2D eigenvalue weighted by atomic mass is 19.4. The van der Waals surface area contributed by atoms with Gasteiger partial charge in [0.25, 0.3) is 0 Å². The minimum Gasteiger partial charge on any atom is -0.367 e. The first kappa shape index (κ1) is 24.2. The molecule has 0 bridgehead atoms. The molecule has 3 atom stereocenters. The Balaban J connectivity index is 1.56. The van der Waals surface area contributed by atoms with Gasteiger partial charge in [-0.3, -0.25) is 19.7 Å². The molecular formula is C23H28F3N7O. The van der Waals surface area contributed by atoms with Gasteiger partial charge in [0.2, 0.25) is 5.91 Å². The van der Waals surface area contributed by atoms with Crippen molar-refractivity contribution in [1.82, 2.24) is 25.1 Å². The van der Waals surface area contributed by atoms with E-state index in [1.165, 1.54) is 12.4 Å². The van der Waals surface area contributed by atoms with Crippen LogP contribution in [0.5, 0.6) is 0 Å². The number of rotatable bonds is 4. The lowest BCUT2D eigenvalue weighted by molar-refractivity contribution is -0.178. The lowest BCUT2D eigenvalue weighted by Crippen LogP contribution is -2.58. The number of nitrogens with zero attached hydrogens (tertiary/aromatic N) is 6. The Labute approximate surface area is 196 Å². The topological polar surface area (TPSA) is 88.4 Å². The van der Waals surface area contributed by atoms with Crippen molar-refractivity contribution in [3.05, 3.63) is 30.1 Å². The highest BCUT2D eigenvalue weighted by molar-refractivity contribution is 5.92. The predicted molar refractivity (Wildman–Crippen MR) is 121 cm³/mol. The molecule has 1 unspecified atom stereocenters. The number of carbonyl (C=O) groups is 1. The largest absolute Gasteiger partial charge is 0.393 e. The average molecular weight is 476 g/mol. The number of hydrogen-bond acceptors (Lipinski definition) is 7. The van der Waals surface area contributed by atoms with E-state index in [-0.39, 0.29) is 25.4 Å². The highest BCUT2D eigenvalue weighted by Crippen LogP contribution is 2.37. The number of nitrogens with one attached hydrogen (secondary N) is 1. The van der Waals surface area contributed by atoms with Gasteiger partial charge in [0, 0.05) is 57.7 Å². The third-order valence-electron chi connectivity index (χ3n) is 6.79. The van der Waals surface area contributed by atoms with Crippen LogP contribution in [0.1, 0.15) is 18.9 Å². The fourth-order valence-corrected chi connectivity index (χ4v) is 4.72. The summed E-state index contributed by atoms with van der Waals surface area (Å²) in [5.74, 6) is -1.87. The summed E-state index contributed by atoms with van der Waals surface area (Å²) in [7, 11) is 2.02. The zero-order chi connectivity index (χ0) is 24.5. The molecule has 2 aromatic rings. The highest BCUT2D eigenvalue weighted by Gasteiger charge is 2.45. The molecule has 1 aromatic carbocycles. The molecule has 4 rings (SSSR count). The van der Waals surface area contributed by atoms with Gasteiger partial charge in [-0.2, -0.15) is 18.4 Å². The number of hydrogen-bond donors (Lipinski definition) is 1. The van der Waals surface area contributed by atoms with Gasteiger partial charge < -0.3 is 15.1 Å². The number of likely N-dealkylation sites (N-methyl/N-ethyl adjacent to an activating group) is 1. The maximum absolute atomic E-state index is 13.8. The minimum absolute atomic E-state index is 0.179. The van der Waals surface area contributed by atoms with E-state index in [0.29, 0.717) is 22.3 Å². The van der Waals surface area contributed by atoms with Crippen LogP contribution < -0.4 is 10.2 Å². The maximum atomic E-state index is 13.8. The smallest absolute Gasteiger partial charge is 0.367 e. The van der Waals surface area contributed by atoms with Crippen molar-refractivity contribution in [3.63, 3.8) is 0 Å². The quantitative estimate of drug-likeness (QED) is 0.724. The number of alkyl halides is 3. The van der Waals surface area contributed by atoms with Crippen LogP contribution >= 0.6 is 0 Å². The second kappa shape index (κ2) is 9.72. The van der Waals surface area contributed by atoms with E-state index >= 15 is 0 Å². The van der Waals surface area contributed by atoms with Crippen molar-refractivity contribution in [2.75, 3.05) is 51.2 Å². The van der Waals surface area contributed by atoms with E-state index in [2.05, 4.69) is 25.1 Å². The Kier molecular flexibility index (Phi) is 6.91. The number of halogens is 3. The molecule has 2 aliphatic rings. The summed E-state index contributed by atoms with van der Waals surface area (Å²) in [6, 6.07) is 4.11. The van der Waals surface area contributed by atoms with E-state index in [1.807, 2.05) is 13.1 Å². The Hall–Kier alpha value is -2.97. The number of benzene rings is 1. The van der Waals surface area contributed by atoms with Crippen LogP contribution in [0.15, 0.2) is 24.5 Å². The number of aromatic nitrogens is 2. The van der Waals surface area contributed by atoms with E-state index < -0.39 is 24.2 Å². The van der Waals surface area contributed by atoms with Crippen LogP contribution in [0, 0.1) is 17.2 Å². The summed E-state index contributed by atoms with van der Waals surface area (Å²) in [6.07, 6.45) is -1.68. The molecule has 0 spiro atoms. The molecule has 182 valence electrons. The van der Waals surface area contributed by atoms with Gasteiger partial charge in [-0.05, 0) is 32.5 Å². The molecule has 34 heavy (non-hydrogen) atoms. The Bertz CT molecular complexity index is 1080. The van der Waals surface area contributed by atoms with Crippen molar-refractivity contribution in [3.8, 4) is 6.07 Å². The fraction of sp³-hybridized carbons (Fsp3) is 0.565. The predicted octanol–water partition coefficient (Wildman–Crippen LogP) is 2.01.